The standard InChI is InChI=1S/C16H27N3OS/c1-11(2)9-13(10-18(4)5)19-15(14-7-6-8-21-14)17-12(3)16(19)20/h6-8,11-13,15,17H,9-10H2,1-5H3. The van der Waals surface area contributed by atoms with E-state index in [1.165, 1.54) is 4.88 Å². The van der Waals surface area contributed by atoms with E-state index in [0.29, 0.717) is 5.92 Å². The minimum atomic E-state index is -0.103. The van der Waals surface area contributed by atoms with Gasteiger partial charge in [-0.1, -0.05) is 19.9 Å². The van der Waals surface area contributed by atoms with E-state index < -0.39 is 0 Å². The van der Waals surface area contributed by atoms with E-state index in [1.807, 2.05) is 6.92 Å². The number of nitrogens with zero attached hydrogens (tertiary/aromatic N) is 2. The van der Waals surface area contributed by atoms with Crippen molar-refractivity contribution in [3.63, 3.8) is 0 Å². The van der Waals surface area contributed by atoms with Crippen molar-refractivity contribution in [2.75, 3.05) is 20.6 Å². The molecule has 1 fully saturated rings. The van der Waals surface area contributed by atoms with E-state index in [0.717, 1.165) is 13.0 Å². The fraction of sp³-hybridized carbons (Fsp3) is 0.688. The van der Waals surface area contributed by atoms with E-state index in [4.69, 9.17) is 0 Å². The Morgan fingerprint density at radius 2 is 2.14 bits per heavy atom. The molecular weight excluding hydrogens is 282 g/mol. The quantitative estimate of drug-likeness (QED) is 0.877. The third kappa shape index (κ3) is 3.84. The average molecular weight is 309 g/mol. The van der Waals surface area contributed by atoms with Crippen LogP contribution in [0.1, 0.15) is 38.2 Å². The van der Waals surface area contributed by atoms with Crippen LogP contribution in [0.15, 0.2) is 17.5 Å². The van der Waals surface area contributed by atoms with Crippen molar-refractivity contribution in [1.29, 1.82) is 0 Å². The zero-order valence-electron chi connectivity index (χ0n) is 13.7. The number of hydrogen-bond donors (Lipinski definition) is 1. The number of thiophene rings is 1. The smallest absolute Gasteiger partial charge is 0.241 e. The monoisotopic (exact) mass is 309 g/mol. The van der Waals surface area contributed by atoms with Crippen molar-refractivity contribution in [3.05, 3.63) is 22.4 Å². The van der Waals surface area contributed by atoms with Gasteiger partial charge in [-0.15, -0.1) is 11.3 Å². The molecule has 0 radical (unpaired) electrons. The normalized spacial score (nSPS) is 24.3. The van der Waals surface area contributed by atoms with Gasteiger partial charge in [0, 0.05) is 17.5 Å². The second-order valence-corrected chi connectivity index (χ2v) is 7.58. The van der Waals surface area contributed by atoms with Crippen LogP contribution >= 0.6 is 11.3 Å². The van der Waals surface area contributed by atoms with Gasteiger partial charge in [0.1, 0.15) is 6.17 Å². The molecule has 118 valence electrons. The van der Waals surface area contributed by atoms with Gasteiger partial charge in [0.2, 0.25) is 5.91 Å². The van der Waals surface area contributed by atoms with Gasteiger partial charge in [-0.25, -0.2) is 0 Å². The summed E-state index contributed by atoms with van der Waals surface area (Å²) < 4.78 is 0. The maximum atomic E-state index is 12.7. The van der Waals surface area contributed by atoms with Crippen molar-refractivity contribution in [1.82, 2.24) is 15.1 Å². The van der Waals surface area contributed by atoms with Gasteiger partial charge in [0.25, 0.3) is 0 Å². The van der Waals surface area contributed by atoms with Crippen molar-refractivity contribution in [2.45, 2.75) is 45.4 Å². The van der Waals surface area contributed by atoms with Gasteiger partial charge in [0.05, 0.1) is 6.04 Å². The molecule has 1 saturated heterocycles. The first-order valence-corrected chi connectivity index (χ1v) is 8.54. The molecule has 3 unspecified atom stereocenters. The first-order valence-electron chi connectivity index (χ1n) is 7.66. The average Bonchev–Trinajstić information content (AvgIpc) is 2.97. The first kappa shape index (κ1) is 16.5. The molecule has 2 heterocycles. The highest BCUT2D eigenvalue weighted by atomic mass is 32.1. The molecule has 1 aromatic heterocycles. The van der Waals surface area contributed by atoms with E-state index in [1.54, 1.807) is 11.3 Å². The number of nitrogens with one attached hydrogen (secondary N) is 1. The molecule has 1 N–H and O–H groups in total. The van der Waals surface area contributed by atoms with Crippen molar-refractivity contribution in [3.8, 4) is 0 Å². The molecule has 2 rings (SSSR count). The summed E-state index contributed by atoms with van der Waals surface area (Å²) in [5, 5.41) is 5.53. The van der Waals surface area contributed by atoms with Crippen LogP contribution in [0.4, 0.5) is 0 Å². The fourth-order valence-electron chi connectivity index (χ4n) is 3.04. The first-order chi connectivity index (χ1) is 9.90. The Hall–Kier alpha value is -0.910. The minimum Gasteiger partial charge on any atom is -0.316 e. The van der Waals surface area contributed by atoms with Crippen LogP contribution in [-0.4, -0.2) is 48.4 Å². The summed E-state index contributed by atoms with van der Waals surface area (Å²) in [6.45, 7) is 7.31. The van der Waals surface area contributed by atoms with Crippen LogP contribution in [0.2, 0.25) is 0 Å². The number of hydrogen-bond acceptors (Lipinski definition) is 4. The topological polar surface area (TPSA) is 35.6 Å². The zero-order valence-corrected chi connectivity index (χ0v) is 14.5. The van der Waals surface area contributed by atoms with Gasteiger partial charge in [-0.2, -0.15) is 0 Å². The summed E-state index contributed by atoms with van der Waals surface area (Å²) in [6, 6.07) is 4.31. The molecule has 0 spiro atoms. The van der Waals surface area contributed by atoms with E-state index >= 15 is 0 Å². The predicted octanol–water partition coefficient (Wildman–Crippen LogP) is 2.54. The molecule has 1 aliphatic rings. The Morgan fingerprint density at radius 3 is 2.67 bits per heavy atom. The molecule has 3 atom stereocenters. The predicted molar refractivity (Wildman–Crippen MR) is 88.3 cm³/mol. The number of carbonyl (C=O) groups is 1. The Bertz CT molecular complexity index is 448. The van der Waals surface area contributed by atoms with Gasteiger partial charge < -0.3 is 9.80 Å². The molecule has 0 saturated carbocycles. The SMILES string of the molecule is CC(C)CC(CN(C)C)N1C(=O)C(C)NC1c1cccs1. The van der Waals surface area contributed by atoms with Crippen molar-refractivity contribution in [2.24, 2.45) is 5.92 Å². The maximum Gasteiger partial charge on any atom is 0.241 e. The van der Waals surface area contributed by atoms with Gasteiger partial charge in [-0.3, -0.25) is 10.1 Å². The molecule has 0 aromatic carbocycles. The lowest BCUT2D eigenvalue weighted by atomic mass is 10.0. The van der Waals surface area contributed by atoms with Crippen molar-refractivity contribution >= 4 is 17.2 Å². The highest BCUT2D eigenvalue weighted by molar-refractivity contribution is 7.10. The summed E-state index contributed by atoms with van der Waals surface area (Å²) in [5.74, 6) is 0.795. The zero-order chi connectivity index (χ0) is 15.6. The molecule has 0 aliphatic carbocycles. The largest absolute Gasteiger partial charge is 0.316 e. The second kappa shape index (κ2) is 6.90. The number of carbonyl (C=O) groups excluding carboxylic acids is 1. The number of rotatable bonds is 6. The fourth-order valence-corrected chi connectivity index (χ4v) is 3.82. The van der Waals surface area contributed by atoms with Gasteiger partial charge in [-0.05, 0) is 44.8 Å². The minimum absolute atomic E-state index is 0.0243. The van der Waals surface area contributed by atoms with Gasteiger partial charge >= 0.3 is 0 Å². The van der Waals surface area contributed by atoms with E-state index in [-0.39, 0.29) is 24.2 Å². The van der Waals surface area contributed by atoms with Crippen LogP contribution in [0.3, 0.4) is 0 Å². The lowest BCUT2D eigenvalue weighted by Gasteiger charge is -2.35. The van der Waals surface area contributed by atoms with Crippen LogP contribution in [0.5, 0.6) is 0 Å². The molecule has 4 nitrogen and oxygen atoms in total. The van der Waals surface area contributed by atoms with Crippen LogP contribution < -0.4 is 5.32 Å². The Balaban J connectivity index is 2.27. The van der Waals surface area contributed by atoms with Crippen molar-refractivity contribution < 1.29 is 4.79 Å². The van der Waals surface area contributed by atoms with Crippen LogP contribution in [-0.2, 0) is 4.79 Å². The third-order valence-corrected chi connectivity index (χ3v) is 4.76. The van der Waals surface area contributed by atoms with Crippen LogP contribution in [0.25, 0.3) is 0 Å². The summed E-state index contributed by atoms with van der Waals surface area (Å²) in [7, 11) is 4.15. The highest BCUT2D eigenvalue weighted by Crippen LogP contribution is 2.32. The lowest BCUT2D eigenvalue weighted by Crippen LogP contribution is -2.45. The molecule has 0 bridgehead atoms. The molecule has 21 heavy (non-hydrogen) atoms. The lowest BCUT2D eigenvalue weighted by molar-refractivity contribution is -0.132. The summed E-state index contributed by atoms with van der Waals surface area (Å²) >= 11 is 1.71. The summed E-state index contributed by atoms with van der Waals surface area (Å²) in [6.07, 6.45) is 1.05. The summed E-state index contributed by atoms with van der Waals surface area (Å²) in [5.41, 5.74) is 0. The van der Waals surface area contributed by atoms with Gasteiger partial charge in [0.15, 0.2) is 0 Å². The summed E-state index contributed by atoms with van der Waals surface area (Å²) in [4.78, 5) is 18.1. The molecule has 1 amide bonds. The molecule has 5 heteroatoms. The number of amides is 1. The maximum absolute atomic E-state index is 12.7. The second-order valence-electron chi connectivity index (χ2n) is 6.60. The van der Waals surface area contributed by atoms with E-state index in [2.05, 4.69) is 60.6 Å². The third-order valence-electron chi connectivity index (χ3n) is 3.84. The molecular formula is C16H27N3OS. The number of likely N-dealkylation sites (N-methyl/N-ethyl adjacent to an activating group) is 1. The molecule has 1 aliphatic heterocycles. The Kier molecular flexibility index (Phi) is 5.41. The molecule has 1 aromatic rings. The highest BCUT2D eigenvalue weighted by Gasteiger charge is 2.41. The van der Waals surface area contributed by atoms with E-state index in [9.17, 15) is 4.79 Å². The Morgan fingerprint density at radius 1 is 1.43 bits per heavy atom. The Labute approximate surface area is 132 Å². The van der Waals surface area contributed by atoms with Crippen LogP contribution in [0, 0.1) is 5.92 Å².